The number of likely N-dealkylation sites (tertiary alicyclic amines) is 2. The Labute approximate surface area is 250 Å². The highest BCUT2D eigenvalue weighted by molar-refractivity contribution is 5.83. The van der Waals surface area contributed by atoms with Crippen molar-refractivity contribution in [1.82, 2.24) is 29.7 Å². The molecule has 218 valence electrons. The Balaban J connectivity index is 0.934. The lowest BCUT2D eigenvalue weighted by atomic mass is 10.0. The lowest BCUT2D eigenvalue weighted by molar-refractivity contribution is -0.134. The molecule has 9 rings (SSSR count). The molecule has 8 heteroatoms. The van der Waals surface area contributed by atoms with Gasteiger partial charge in [0.1, 0.15) is 11.6 Å². The molecule has 3 aliphatic carbocycles. The summed E-state index contributed by atoms with van der Waals surface area (Å²) in [5.74, 6) is 2.92. The Kier molecular flexibility index (Phi) is 5.69. The molecule has 0 bridgehead atoms. The zero-order valence-electron chi connectivity index (χ0n) is 24.3. The number of imidazole rings is 2. The average Bonchev–Trinajstić information content (AvgIpc) is 3.68. The van der Waals surface area contributed by atoms with E-state index in [1.54, 1.807) is 0 Å². The Bertz CT molecular complexity index is 1630. The van der Waals surface area contributed by atoms with Gasteiger partial charge in [-0.25, -0.2) is 9.97 Å². The van der Waals surface area contributed by atoms with E-state index in [9.17, 15) is 9.59 Å². The predicted molar refractivity (Wildman–Crippen MR) is 163 cm³/mol. The highest BCUT2D eigenvalue weighted by atomic mass is 16.2. The topological polar surface area (TPSA) is 98.0 Å². The van der Waals surface area contributed by atoms with Crippen molar-refractivity contribution in [2.24, 2.45) is 11.8 Å². The maximum absolute atomic E-state index is 12.8. The first-order valence-electron chi connectivity index (χ1n) is 16.1. The number of nitrogens with one attached hydrogen (secondary N) is 2. The van der Waals surface area contributed by atoms with Crippen molar-refractivity contribution in [3.63, 3.8) is 0 Å². The van der Waals surface area contributed by atoms with Crippen LogP contribution in [0.4, 0.5) is 0 Å². The van der Waals surface area contributed by atoms with Gasteiger partial charge in [-0.15, -0.1) is 0 Å². The molecule has 2 aliphatic heterocycles. The number of benzene rings is 2. The number of hydrogen-bond acceptors (Lipinski definition) is 4. The van der Waals surface area contributed by atoms with Gasteiger partial charge in [0.2, 0.25) is 11.8 Å². The van der Waals surface area contributed by atoms with Gasteiger partial charge >= 0.3 is 0 Å². The molecule has 4 fully saturated rings. The first kappa shape index (κ1) is 25.3. The number of carbonyl (C=O) groups excluding carboxylic acids is 2. The molecule has 4 aromatic rings. The van der Waals surface area contributed by atoms with Crippen LogP contribution in [0, 0.1) is 11.8 Å². The van der Waals surface area contributed by atoms with Crippen LogP contribution in [0.3, 0.4) is 0 Å². The van der Waals surface area contributed by atoms with Crippen molar-refractivity contribution in [2.75, 3.05) is 13.1 Å². The van der Waals surface area contributed by atoms with Gasteiger partial charge in [0.15, 0.2) is 0 Å². The van der Waals surface area contributed by atoms with Crippen molar-refractivity contribution in [3.8, 4) is 33.6 Å². The fourth-order valence-corrected chi connectivity index (χ4v) is 7.61. The van der Waals surface area contributed by atoms with E-state index in [0.717, 1.165) is 105 Å². The standard InChI is InChI=1S/C35H36N6O2/c42-34(20-5-6-20)40-13-1-3-30(40)32-36-18-28(38-32)22-9-11-26-24(15-22)17-25-16-23(10-12-27(25)26)29-19-37-33(39-29)31-4-2-14-41(31)35(43)21-7-8-21/h9-12,15-16,18-21,30-31H,1-8,13-14,17H2,(H,36,38)(H,37,39)/t30-,31-/m1/s1. The third kappa shape index (κ3) is 4.33. The molecule has 4 heterocycles. The molecule has 2 saturated carbocycles. The molecule has 5 aliphatic rings. The first-order valence-corrected chi connectivity index (χ1v) is 16.1. The van der Waals surface area contributed by atoms with E-state index in [0.29, 0.717) is 11.8 Å². The van der Waals surface area contributed by atoms with Gasteiger partial charge in [-0.1, -0.05) is 24.3 Å². The molecule has 2 amide bonds. The second-order valence-electron chi connectivity index (χ2n) is 13.2. The van der Waals surface area contributed by atoms with Gasteiger partial charge in [-0.05, 0) is 103 Å². The fourth-order valence-electron chi connectivity index (χ4n) is 7.61. The monoisotopic (exact) mass is 572 g/mol. The summed E-state index contributed by atoms with van der Waals surface area (Å²) in [6.45, 7) is 1.68. The summed E-state index contributed by atoms with van der Waals surface area (Å²) in [6, 6.07) is 13.5. The number of fused-ring (bicyclic) bond motifs is 3. The van der Waals surface area contributed by atoms with Gasteiger partial charge in [0.05, 0.1) is 35.9 Å². The largest absolute Gasteiger partial charge is 0.340 e. The summed E-state index contributed by atoms with van der Waals surface area (Å²) < 4.78 is 0. The Morgan fingerprint density at radius 1 is 0.651 bits per heavy atom. The summed E-state index contributed by atoms with van der Waals surface area (Å²) in [6.07, 6.45) is 12.9. The van der Waals surface area contributed by atoms with Crippen LogP contribution in [0.15, 0.2) is 48.8 Å². The van der Waals surface area contributed by atoms with E-state index in [-0.39, 0.29) is 23.9 Å². The average molecular weight is 573 g/mol. The van der Waals surface area contributed by atoms with Gasteiger partial charge in [-0.2, -0.15) is 0 Å². The van der Waals surface area contributed by atoms with Crippen LogP contribution >= 0.6 is 0 Å². The Morgan fingerprint density at radius 3 is 1.56 bits per heavy atom. The Hall–Kier alpha value is -4.20. The minimum Gasteiger partial charge on any atom is -0.340 e. The summed E-state index contributed by atoms with van der Waals surface area (Å²) in [5.41, 5.74) is 9.47. The van der Waals surface area contributed by atoms with Crippen LogP contribution in [0.1, 0.15) is 86.2 Å². The number of aromatic nitrogens is 4. The van der Waals surface area contributed by atoms with E-state index in [1.165, 1.54) is 22.3 Å². The minimum atomic E-state index is 0.0670. The Morgan fingerprint density at radius 2 is 1.12 bits per heavy atom. The van der Waals surface area contributed by atoms with Crippen molar-refractivity contribution in [3.05, 3.63) is 71.6 Å². The number of aromatic amines is 2. The van der Waals surface area contributed by atoms with Crippen LogP contribution in [0.25, 0.3) is 33.6 Å². The van der Waals surface area contributed by atoms with E-state index in [2.05, 4.69) is 56.2 Å². The third-order valence-electron chi connectivity index (χ3n) is 10.3. The summed E-state index contributed by atoms with van der Waals surface area (Å²) >= 11 is 0. The van der Waals surface area contributed by atoms with E-state index >= 15 is 0 Å². The number of carbonyl (C=O) groups is 2. The summed E-state index contributed by atoms with van der Waals surface area (Å²) in [4.78, 5) is 46.3. The third-order valence-corrected chi connectivity index (χ3v) is 10.3. The first-order chi connectivity index (χ1) is 21.1. The highest BCUT2D eigenvalue weighted by Gasteiger charge is 2.41. The molecule has 43 heavy (non-hydrogen) atoms. The maximum Gasteiger partial charge on any atom is 0.226 e. The number of hydrogen-bond donors (Lipinski definition) is 2. The molecular formula is C35H36N6O2. The van der Waals surface area contributed by atoms with Crippen LogP contribution in [-0.4, -0.2) is 54.6 Å². The van der Waals surface area contributed by atoms with Gasteiger partial charge in [0, 0.05) is 24.9 Å². The van der Waals surface area contributed by atoms with E-state index in [4.69, 9.17) is 9.97 Å². The maximum atomic E-state index is 12.8. The summed E-state index contributed by atoms with van der Waals surface area (Å²) in [5, 5.41) is 0. The van der Waals surface area contributed by atoms with E-state index in [1.807, 2.05) is 12.4 Å². The zero-order valence-corrected chi connectivity index (χ0v) is 24.3. The van der Waals surface area contributed by atoms with Gasteiger partial charge < -0.3 is 19.8 Å². The molecule has 0 radical (unpaired) electrons. The normalized spacial score (nSPS) is 22.7. The quantitative estimate of drug-likeness (QED) is 0.254. The van der Waals surface area contributed by atoms with Gasteiger partial charge in [0.25, 0.3) is 0 Å². The predicted octanol–water partition coefficient (Wildman–Crippen LogP) is 6.19. The zero-order chi connectivity index (χ0) is 28.7. The summed E-state index contributed by atoms with van der Waals surface area (Å²) in [7, 11) is 0. The minimum absolute atomic E-state index is 0.0670. The lowest BCUT2D eigenvalue weighted by Crippen LogP contribution is -2.32. The molecule has 2 atom stereocenters. The van der Waals surface area contributed by atoms with Crippen LogP contribution < -0.4 is 0 Å². The molecular weight excluding hydrogens is 536 g/mol. The number of H-pyrrole nitrogens is 2. The van der Waals surface area contributed by atoms with Crippen LogP contribution in [0.5, 0.6) is 0 Å². The fraction of sp³-hybridized carbons (Fsp3) is 0.429. The molecule has 0 spiro atoms. The van der Waals surface area contributed by atoms with Crippen molar-refractivity contribution in [2.45, 2.75) is 69.9 Å². The van der Waals surface area contributed by atoms with Crippen molar-refractivity contribution in [1.29, 1.82) is 0 Å². The van der Waals surface area contributed by atoms with Crippen LogP contribution in [-0.2, 0) is 16.0 Å². The molecule has 0 unspecified atom stereocenters. The molecule has 2 saturated heterocycles. The smallest absolute Gasteiger partial charge is 0.226 e. The van der Waals surface area contributed by atoms with Crippen LogP contribution in [0.2, 0.25) is 0 Å². The lowest BCUT2D eigenvalue weighted by Gasteiger charge is -2.23. The number of nitrogens with zero attached hydrogens (tertiary/aromatic N) is 4. The van der Waals surface area contributed by atoms with E-state index < -0.39 is 0 Å². The molecule has 2 aromatic carbocycles. The second kappa shape index (κ2) is 9.66. The SMILES string of the molecule is O=C(C1CC1)N1CCC[C@@H]1c1ncc(-c2ccc3c(c2)Cc2cc(-c4cnc([C@H]5CCCN5C(=O)C5CC5)[nH]4)ccc2-3)[nH]1. The number of amides is 2. The highest BCUT2D eigenvalue weighted by Crippen LogP contribution is 2.42. The molecule has 2 N–H and O–H groups in total. The van der Waals surface area contributed by atoms with Crippen molar-refractivity contribution < 1.29 is 9.59 Å². The molecule has 2 aromatic heterocycles. The number of rotatable bonds is 6. The van der Waals surface area contributed by atoms with Gasteiger partial charge in [-0.3, -0.25) is 9.59 Å². The molecule has 8 nitrogen and oxygen atoms in total. The second-order valence-corrected chi connectivity index (χ2v) is 13.2. The van der Waals surface area contributed by atoms with Crippen molar-refractivity contribution >= 4 is 11.8 Å².